The predicted molar refractivity (Wildman–Crippen MR) is 70.9 cm³/mol. The Morgan fingerprint density at radius 3 is 2.56 bits per heavy atom. The first-order chi connectivity index (χ1) is 8.58. The number of benzene rings is 1. The summed E-state index contributed by atoms with van der Waals surface area (Å²) < 4.78 is 5.60. The van der Waals surface area contributed by atoms with Crippen LogP contribution in [0.3, 0.4) is 0 Å². The fourth-order valence-electron chi connectivity index (χ4n) is 1.46. The number of halogens is 2. The van der Waals surface area contributed by atoms with E-state index in [4.69, 9.17) is 27.9 Å². The predicted octanol–water partition coefficient (Wildman–Crippen LogP) is 4.30. The molecular formula is C13H9Cl2NO2. The van der Waals surface area contributed by atoms with E-state index in [2.05, 4.69) is 4.98 Å². The fraction of sp³-hybridized carbons (Fsp3) is 0.0769. The third-order valence-electron chi connectivity index (χ3n) is 2.23. The molecule has 0 radical (unpaired) electrons. The zero-order chi connectivity index (χ0) is 13.1. The third-order valence-corrected chi connectivity index (χ3v) is 2.75. The standard InChI is InChI=1S/C13H9Cl2NO2/c1-8-4-11(6-13(15)16-8)18-10-3-2-9(7-17)12(14)5-10/h2-7H,1H3. The third kappa shape index (κ3) is 3.00. The van der Waals surface area contributed by atoms with Crippen LogP contribution in [0.2, 0.25) is 10.2 Å². The summed E-state index contributed by atoms with van der Waals surface area (Å²) in [6.07, 6.45) is 0.694. The average molecular weight is 282 g/mol. The number of ether oxygens (including phenoxy) is 1. The normalized spacial score (nSPS) is 10.2. The SMILES string of the molecule is Cc1cc(Oc2ccc(C=O)c(Cl)c2)cc(Cl)n1. The number of pyridine rings is 1. The van der Waals surface area contributed by atoms with Crippen molar-refractivity contribution >= 4 is 29.5 Å². The molecular weight excluding hydrogens is 273 g/mol. The second kappa shape index (κ2) is 5.38. The number of hydrogen-bond acceptors (Lipinski definition) is 3. The Balaban J connectivity index is 2.28. The van der Waals surface area contributed by atoms with Crippen LogP contribution in [0.25, 0.3) is 0 Å². The van der Waals surface area contributed by atoms with Crippen molar-refractivity contribution in [1.82, 2.24) is 4.98 Å². The highest BCUT2D eigenvalue weighted by Crippen LogP contribution is 2.27. The van der Waals surface area contributed by atoms with Gasteiger partial charge in [0.05, 0.1) is 5.02 Å². The van der Waals surface area contributed by atoms with Gasteiger partial charge < -0.3 is 4.74 Å². The smallest absolute Gasteiger partial charge is 0.151 e. The summed E-state index contributed by atoms with van der Waals surface area (Å²) in [7, 11) is 0. The van der Waals surface area contributed by atoms with Crippen molar-refractivity contribution in [3.8, 4) is 11.5 Å². The second-order valence-corrected chi connectivity index (χ2v) is 4.46. The Labute approximate surface area is 114 Å². The lowest BCUT2D eigenvalue weighted by atomic mass is 10.2. The van der Waals surface area contributed by atoms with Crippen LogP contribution in [0, 0.1) is 6.92 Å². The van der Waals surface area contributed by atoms with E-state index in [-0.39, 0.29) is 0 Å². The number of aryl methyl sites for hydroxylation is 1. The molecule has 0 aliphatic rings. The van der Waals surface area contributed by atoms with E-state index < -0.39 is 0 Å². The van der Waals surface area contributed by atoms with Crippen LogP contribution in [-0.4, -0.2) is 11.3 Å². The van der Waals surface area contributed by atoms with E-state index in [1.807, 2.05) is 6.92 Å². The van der Waals surface area contributed by atoms with Gasteiger partial charge in [-0.05, 0) is 19.1 Å². The van der Waals surface area contributed by atoms with Crippen LogP contribution in [0.5, 0.6) is 11.5 Å². The Morgan fingerprint density at radius 2 is 1.94 bits per heavy atom. The minimum absolute atomic E-state index is 0.347. The Kier molecular flexibility index (Phi) is 3.84. The number of aldehydes is 1. The molecule has 1 aromatic carbocycles. The molecule has 5 heteroatoms. The summed E-state index contributed by atoms with van der Waals surface area (Å²) in [4.78, 5) is 14.7. The van der Waals surface area contributed by atoms with Crippen molar-refractivity contribution in [1.29, 1.82) is 0 Å². The molecule has 2 aromatic rings. The summed E-state index contributed by atoms with van der Waals surface area (Å²) in [5, 5.41) is 0.708. The van der Waals surface area contributed by atoms with E-state index in [0.29, 0.717) is 33.5 Å². The first kappa shape index (κ1) is 12.9. The average Bonchev–Trinajstić information content (AvgIpc) is 2.27. The summed E-state index contributed by atoms with van der Waals surface area (Å²) in [5.74, 6) is 1.11. The molecule has 92 valence electrons. The zero-order valence-corrected chi connectivity index (χ0v) is 11.0. The van der Waals surface area contributed by atoms with E-state index in [0.717, 1.165) is 5.69 Å². The molecule has 1 aromatic heterocycles. The van der Waals surface area contributed by atoms with Crippen LogP contribution in [0.15, 0.2) is 30.3 Å². The molecule has 0 unspecified atom stereocenters. The molecule has 0 spiro atoms. The highest BCUT2D eigenvalue weighted by atomic mass is 35.5. The molecule has 0 atom stereocenters. The van der Waals surface area contributed by atoms with Crippen molar-refractivity contribution in [2.75, 3.05) is 0 Å². The molecule has 2 rings (SSSR count). The number of rotatable bonds is 3. The van der Waals surface area contributed by atoms with Crippen LogP contribution in [0.1, 0.15) is 16.1 Å². The molecule has 0 amide bonds. The second-order valence-electron chi connectivity index (χ2n) is 3.67. The van der Waals surface area contributed by atoms with E-state index in [1.165, 1.54) is 0 Å². The lowest BCUT2D eigenvalue weighted by Gasteiger charge is -2.07. The Hall–Kier alpha value is -1.58. The van der Waals surface area contributed by atoms with E-state index >= 15 is 0 Å². The van der Waals surface area contributed by atoms with Gasteiger partial charge in [0.1, 0.15) is 16.7 Å². The summed E-state index contributed by atoms with van der Waals surface area (Å²) in [6.45, 7) is 1.82. The summed E-state index contributed by atoms with van der Waals surface area (Å²) >= 11 is 11.7. The molecule has 18 heavy (non-hydrogen) atoms. The molecule has 1 heterocycles. The van der Waals surface area contributed by atoms with Crippen molar-refractivity contribution in [3.05, 3.63) is 51.8 Å². The van der Waals surface area contributed by atoms with Crippen LogP contribution in [-0.2, 0) is 0 Å². The molecule has 0 fully saturated rings. The zero-order valence-electron chi connectivity index (χ0n) is 9.48. The molecule has 0 N–H and O–H groups in total. The highest BCUT2D eigenvalue weighted by Gasteiger charge is 2.04. The summed E-state index contributed by atoms with van der Waals surface area (Å²) in [6, 6.07) is 8.21. The van der Waals surface area contributed by atoms with Gasteiger partial charge in [-0.15, -0.1) is 0 Å². The number of aromatic nitrogens is 1. The van der Waals surface area contributed by atoms with Gasteiger partial charge >= 0.3 is 0 Å². The lowest BCUT2D eigenvalue weighted by molar-refractivity contribution is 0.112. The van der Waals surface area contributed by atoms with Gasteiger partial charge in [0.15, 0.2) is 6.29 Å². The van der Waals surface area contributed by atoms with Gasteiger partial charge in [0.2, 0.25) is 0 Å². The molecule has 0 bridgehead atoms. The monoisotopic (exact) mass is 281 g/mol. The van der Waals surface area contributed by atoms with E-state index in [1.54, 1.807) is 30.3 Å². The fourth-order valence-corrected chi connectivity index (χ4v) is 1.92. The van der Waals surface area contributed by atoms with E-state index in [9.17, 15) is 4.79 Å². The first-order valence-corrected chi connectivity index (χ1v) is 5.91. The Bertz CT molecular complexity index is 579. The van der Waals surface area contributed by atoms with Crippen LogP contribution < -0.4 is 4.74 Å². The van der Waals surface area contributed by atoms with Crippen molar-refractivity contribution < 1.29 is 9.53 Å². The molecule has 3 nitrogen and oxygen atoms in total. The number of carbonyl (C=O) groups is 1. The van der Waals surface area contributed by atoms with Gasteiger partial charge in [-0.25, -0.2) is 4.98 Å². The maximum atomic E-state index is 10.6. The molecule has 0 aliphatic heterocycles. The number of nitrogens with zero attached hydrogens (tertiary/aromatic N) is 1. The van der Waals surface area contributed by atoms with Crippen molar-refractivity contribution in [3.63, 3.8) is 0 Å². The first-order valence-electron chi connectivity index (χ1n) is 5.15. The minimum Gasteiger partial charge on any atom is -0.457 e. The number of hydrogen-bond donors (Lipinski definition) is 0. The quantitative estimate of drug-likeness (QED) is 0.622. The maximum absolute atomic E-state index is 10.6. The topological polar surface area (TPSA) is 39.2 Å². The summed E-state index contributed by atoms with van der Waals surface area (Å²) in [5.41, 5.74) is 1.18. The molecule has 0 saturated carbocycles. The maximum Gasteiger partial charge on any atom is 0.151 e. The van der Waals surface area contributed by atoms with Gasteiger partial charge in [0, 0.05) is 29.5 Å². The highest BCUT2D eigenvalue weighted by molar-refractivity contribution is 6.33. The van der Waals surface area contributed by atoms with Crippen molar-refractivity contribution in [2.45, 2.75) is 6.92 Å². The minimum atomic E-state index is 0.347. The molecule has 0 saturated heterocycles. The van der Waals surface area contributed by atoms with Gasteiger partial charge in [-0.1, -0.05) is 23.2 Å². The van der Waals surface area contributed by atoms with Gasteiger partial charge in [-0.3, -0.25) is 4.79 Å². The number of carbonyl (C=O) groups excluding carboxylic acids is 1. The van der Waals surface area contributed by atoms with Gasteiger partial charge in [-0.2, -0.15) is 0 Å². The molecule has 0 aliphatic carbocycles. The van der Waals surface area contributed by atoms with Crippen LogP contribution >= 0.6 is 23.2 Å². The Morgan fingerprint density at radius 1 is 1.17 bits per heavy atom. The van der Waals surface area contributed by atoms with Gasteiger partial charge in [0.25, 0.3) is 0 Å². The lowest BCUT2D eigenvalue weighted by Crippen LogP contribution is -1.89. The van der Waals surface area contributed by atoms with Crippen LogP contribution in [0.4, 0.5) is 0 Å². The largest absolute Gasteiger partial charge is 0.457 e. The van der Waals surface area contributed by atoms with Crippen molar-refractivity contribution in [2.24, 2.45) is 0 Å².